The summed E-state index contributed by atoms with van der Waals surface area (Å²) in [4.78, 5) is 0. The first-order chi connectivity index (χ1) is 12.7. The van der Waals surface area contributed by atoms with Crippen molar-refractivity contribution in [2.24, 2.45) is 0 Å². The maximum Gasteiger partial charge on any atom is 0.172 e. The first-order valence-corrected chi connectivity index (χ1v) is 10.7. The Morgan fingerprint density at radius 2 is 1.27 bits per heavy atom. The van der Waals surface area contributed by atoms with E-state index >= 15 is 0 Å². The van der Waals surface area contributed by atoms with E-state index in [9.17, 15) is 5.11 Å². The highest BCUT2D eigenvalue weighted by atomic mass is 16.7. The van der Waals surface area contributed by atoms with Gasteiger partial charge in [0.25, 0.3) is 0 Å². The van der Waals surface area contributed by atoms with E-state index in [0.717, 1.165) is 50.9 Å². The first-order valence-electron chi connectivity index (χ1n) is 10.7. The topological polar surface area (TPSA) is 38.7 Å². The van der Waals surface area contributed by atoms with Crippen molar-refractivity contribution in [3.05, 3.63) is 29.8 Å². The molecule has 0 aliphatic heterocycles. The summed E-state index contributed by atoms with van der Waals surface area (Å²) >= 11 is 0. The molecule has 0 atom stereocenters. The minimum atomic E-state index is -0.535. The van der Waals surface area contributed by atoms with Crippen LogP contribution in [-0.4, -0.2) is 24.1 Å². The molecule has 0 aliphatic carbocycles. The van der Waals surface area contributed by atoms with Crippen LogP contribution in [0.5, 0.6) is 5.75 Å². The Labute approximate surface area is 161 Å². The van der Waals surface area contributed by atoms with Crippen molar-refractivity contribution in [3.8, 4) is 5.75 Å². The number of benzene rings is 1. The quantitative estimate of drug-likeness (QED) is 0.264. The highest BCUT2D eigenvalue weighted by Crippen LogP contribution is 2.28. The van der Waals surface area contributed by atoms with Gasteiger partial charge in [0.05, 0.1) is 0 Å². The fourth-order valence-corrected chi connectivity index (χ4v) is 3.23. The molecule has 3 nitrogen and oxygen atoms in total. The minimum Gasteiger partial charge on any atom is -0.508 e. The SMILES string of the molecule is CCCCCCCCCC(Cc1ccc(O)cc1)(OCCC)OCCC. The molecule has 0 aromatic heterocycles. The van der Waals surface area contributed by atoms with Gasteiger partial charge in [-0.25, -0.2) is 0 Å². The summed E-state index contributed by atoms with van der Waals surface area (Å²) in [6.07, 6.45) is 12.7. The Morgan fingerprint density at radius 1 is 0.731 bits per heavy atom. The molecule has 0 unspecified atom stereocenters. The molecule has 0 spiro atoms. The van der Waals surface area contributed by atoms with Gasteiger partial charge in [0.2, 0.25) is 0 Å². The van der Waals surface area contributed by atoms with E-state index < -0.39 is 5.79 Å². The molecule has 0 fully saturated rings. The molecular formula is C23H40O3. The van der Waals surface area contributed by atoms with E-state index in [0.29, 0.717) is 5.75 Å². The number of rotatable bonds is 16. The molecule has 0 saturated heterocycles. The van der Waals surface area contributed by atoms with Crippen LogP contribution in [0.3, 0.4) is 0 Å². The monoisotopic (exact) mass is 364 g/mol. The smallest absolute Gasteiger partial charge is 0.172 e. The lowest BCUT2D eigenvalue weighted by molar-refractivity contribution is -0.241. The number of phenolic OH excluding ortho intramolecular Hbond substituents is 1. The second-order valence-corrected chi connectivity index (χ2v) is 7.32. The van der Waals surface area contributed by atoms with Crippen LogP contribution in [-0.2, 0) is 15.9 Å². The van der Waals surface area contributed by atoms with Gasteiger partial charge >= 0.3 is 0 Å². The average molecular weight is 365 g/mol. The molecule has 1 N–H and O–H groups in total. The molecule has 0 radical (unpaired) electrons. The Hall–Kier alpha value is -1.06. The second-order valence-electron chi connectivity index (χ2n) is 7.32. The van der Waals surface area contributed by atoms with Crippen molar-refractivity contribution in [1.82, 2.24) is 0 Å². The van der Waals surface area contributed by atoms with E-state index in [1.54, 1.807) is 12.1 Å². The number of unbranched alkanes of at least 4 members (excludes halogenated alkanes) is 6. The van der Waals surface area contributed by atoms with Crippen LogP contribution < -0.4 is 0 Å². The molecule has 150 valence electrons. The van der Waals surface area contributed by atoms with Crippen LogP contribution in [0.25, 0.3) is 0 Å². The Kier molecular flexibility index (Phi) is 12.4. The standard InChI is InChI=1S/C23H40O3/c1-4-7-8-9-10-11-12-17-23(25-18-5-2,26-19-6-3)20-21-13-15-22(24)16-14-21/h13-16,24H,4-12,17-20H2,1-3H3. The van der Waals surface area contributed by atoms with Crippen molar-refractivity contribution >= 4 is 0 Å². The summed E-state index contributed by atoms with van der Waals surface area (Å²) in [7, 11) is 0. The minimum absolute atomic E-state index is 0.301. The highest BCUT2D eigenvalue weighted by molar-refractivity contribution is 5.26. The molecule has 0 bridgehead atoms. The van der Waals surface area contributed by atoms with E-state index in [-0.39, 0.29) is 0 Å². The summed E-state index contributed by atoms with van der Waals surface area (Å²) in [5.41, 5.74) is 1.15. The van der Waals surface area contributed by atoms with Crippen molar-refractivity contribution in [2.45, 2.75) is 97.2 Å². The zero-order valence-corrected chi connectivity index (χ0v) is 17.3. The lowest BCUT2D eigenvalue weighted by Crippen LogP contribution is -2.39. The van der Waals surface area contributed by atoms with Crippen LogP contribution in [0.15, 0.2) is 24.3 Å². The lowest BCUT2D eigenvalue weighted by Gasteiger charge is -2.34. The van der Waals surface area contributed by atoms with Crippen LogP contribution in [0.1, 0.15) is 90.5 Å². The van der Waals surface area contributed by atoms with Gasteiger partial charge < -0.3 is 14.6 Å². The number of aromatic hydroxyl groups is 1. The van der Waals surface area contributed by atoms with Crippen molar-refractivity contribution in [3.63, 3.8) is 0 Å². The van der Waals surface area contributed by atoms with Crippen molar-refractivity contribution in [2.75, 3.05) is 13.2 Å². The van der Waals surface area contributed by atoms with E-state index in [2.05, 4.69) is 20.8 Å². The number of hydrogen-bond donors (Lipinski definition) is 1. The van der Waals surface area contributed by atoms with Crippen LogP contribution >= 0.6 is 0 Å². The average Bonchev–Trinajstić information content (AvgIpc) is 2.65. The predicted octanol–water partition coefficient (Wildman–Crippen LogP) is 6.62. The third kappa shape index (κ3) is 9.59. The summed E-state index contributed by atoms with van der Waals surface area (Å²) < 4.78 is 12.6. The Bertz CT molecular complexity index is 433. The fourth-order valence-electron chi connectivity index (χ4n) is 3.23. The molecule has 0 heterocycles. The van der Waals surface area contributed by atoms with Gasteiger partial charge in [-0.1, -0.05) is 71.4 Å². The van der Waals surface area contributed by atoms with Crippen LogP contribution in [0, 0.1) is 0 Å². The fraction of sp³-hybridized carbons (Fsp3) is 0.739. The third-order valence-corrected chi connectivity index (χ3v) is 4.71. The van der Waals surface area contributed by atoms with Crippen LogP contribution in [0.4, 0.5) is 0 Å². The molecule has 1 rings (SSSR count). The molecule has 0 saturated carbocycles. The normalized spacial score (nSPS) is 11.8. The first kappa shape index (κ1) is 23.0. The van der Waals surface area contributed by atoms with Gasteiger partial charge in [-0.15, -0.1) is 0 Å². The molecule has 1 aromatic carbocycles. The molecule has 0 amide bonds. The van der Waals surface area contributed by atoms with E-state index in [4.69, 9.17) is 9.47 Å². The molecule has 1 aromatic rings. The molecule has 3 heteroatoms. The summed E-state index contributed by atoms with van der Waals surface area (Å²) in [6.45, 7) is 7.97. The molecule has 0 aliphatic rings. The predicted molar refractivity (Wildman–Crippen MR) is 110 cm³/mol. The van der Waals surface area contributed by atoms with Crippen molar-refractivity contribution in [1.29, 1.82) is 0 Å². The zero-order chi connectivity index (χ0) is 19.1. The van der Waals surface area contributed by atoms with Gasteiger partial charge in [-0.3, -0.25) is 0 Å². The van der Waals surface area contributed by atoms with Gasteiger partial charge in [0.15, 0.2) is 5.79 Å². The summed E-state index contributed by atoms with van der Waals surface area (Å²) in [5.74, 6) is -0.234. The number of ether oxygens (including phenoxy) is 2. The largest absolute Gasteiger partial charge is 0.508 e. The Balaban J connectivity index is 2.65. The molecular weight excluding hydrogens is 324 g/mol. The third-order valence-electron chi connectivity index (χ3n) is 4.71. The van der Waals surface area contributed by atoms with Crippen molar-refractivity contribution < 1.29 is 14.6 Å². The second kappa shape index (κ2) is 14.1. The molecule has 26 heavy (non-hydrogen) atoms. The van der Waals surface area contributed by atoms with E-state index in [1.165, 1.54) is 38.5 Å². The van der Waals surface area contributed by atoms with Gasteiger partial charge in [0.1, 0.15) is 5.75 Å². The maximum absolute atomic E-state index is 9.54. The maximum atomic E-state index is 9.54. The van der Waals surface area contributed by atoms with Gasteiger partial charge in [-0.2, -0.15) is 0 Å². The zero-order valence-electron chi connectivity index (χ0n) is 17.3. The lowest BCUT2D eigenvalue weighted by atomic mass is 9.97. The van der Waals surface area contributed by atoms with Gasteiger partial charge in [-0.05, 0) is 37.0 Å². The van der Waals surface area contributed by atoms with Crippen LogP contribution in [0.2, 0.25) is 0 Å². The Morgan fingerprint density at radius 3 is 1.81 bits per heavy atom. The summed E-state index contributed by atoms with van der Waals surface area (Å²) in [5, 5.41) is 9.54. The number of hydrogen-bond acceptors (Lipinski definition) is 3. The summed E-state index contributed by atoms with van der Waals surface area (Å²) in [6, 6.07) is 7.43. The van der Waals surface area contributed by atoms with E-state index in [1.807, 2.05) is 12.1 Å². The van der Waals surface area contributed by atoms with Gasteiger partial charge in [0, 0.05) is 26.1 Å². The highest BCUT2D eigenvalue weighted by Gasteiger charge is 2.31. The number of phenols is 1.